The molecule has 0 radical (unpaired) electrons. The van der Waals surface area contributed by atoms with E-state index >= 15 is 0 Å². The molecule has 6 nitrogen and oxygen atoms in total. The predicted octanol–water partition coefficient (Wildman–Crippen LogP) is 1.95. The lowest BCUT2D eigenvalue weighted by Gasteiger charge is -2.11. The van der Waals surface area contributed by atoms with E-state index in [1.165, 1.54) is 14.1 Å². The summed E-state index contributed by atoms with van der Waals surface area (Å²) in [6.07, 6.45) is 0. The minimum atomic E-state index is -0.721. The summed E-state index contributed by atoms with van der Waals surface area (Å²) in [5.41, 5.74) is 4.22. The SMILES string of the molecule is Cn1c(N)c(C(=O)CSc2c(Cl)cccc2Cl)c(=O)n(C)c1=O. The molecule has 0 spiro atoms. The Morgan fingerprint density at radius 3 is 2.30 bits per heavy atom. The average molecular weight is 374 g/mol. The molecule has 2 rings (SSSR count). The Morgan fingerprint density at radius 2 is 1.74 bits per heavy atom. The van der Waals surface area contributed by atoms with Crippen molar-refractivity contribution in [2.45, 2.75) is 4.90 Å². The number of nitrogen functional groups attached to an aromatic ring is 1. The molecule has 0 aliphatic rings. The first-order valence-electron chi connectivity index (χ1n) is 6.41. The number of hydrogen-bond donors (Lipinski definition) is 1. The lowest BCUT2D eigenvalue weighted by atomic mass is 10.2. The van der Waals surface area contributed by atoms with E-state index < -0.39 is 17.0 Å². The first kappa shape index (κ1) is 17.7. The van der Waals surface area contributed by atoms with Gasteiger partial charge >= 0.3 is 5.69 Å². The number of ketones is 1. The molecule has 2 N–H and O–H groups in total. The van der Waals surface area contributed by atoms with Crippen LogP contribution in [0.25, 0.3) is 0 Å². The van der Waals surface area contributed by atoms with E-state index in [1.54, 1.807) is 18.2 Å². The zero-order chi connectivity index (χ0) is 17.3. The van der Waals surface area contributed by atoms with Crippen LogP contribution in [0.3, 0.4) is 0 Å². The highest BCUT2D eigenvalue weighted by Crippen LogP contribution is 2.34. The number of aromatic nitrogens is 2. The molecule has 0 fully saturated rings. The topological polar surface area (TPSA) is 87.1 Å². The molecule has 0 amide bonds. The molecule has 1 heterocycles. The second kappa shape index (κ2) is 6.82. The van der Waals surface area contributed by atoms with Crippen molar-refractivity contribution in [3.63, 3.8) is 0 Å². The summed E-state index contributed by atoms with van der Waals surface area (Å²) in [5.74, 6) is -0.741. The van der Waals surface area contributed by atoms with E-state index in [-0.39, 0.29) is 17.1 Å². The molecule has 0 aliphatic heterocycles. The Balaban J connectivity index is 2.36. The monoisotopic (exact) mass is 373 g/mol. The molecule has 1 aromatic carbocycles. The van der Waals surface area contributed by atoms with Gasteiger partial charge in [0.1, 0.15) is 11.4 Å². The van der Waals surface area contributed by atoms with Gasteiger partial charge in [0.05, 0.1) is 15.8 Å². The summed E-state index contributed by atoms with van der Waals surface area (Å²) in [4.78, 5) is 36.8. The fourth-order valence-electron chi connectivity index (χ4n) is 1.95. The molecular formula is C14H13Cl2N3O3S. The number of anilines is 1. The number of nitrogens with zero attached hydrogens (tertiary/aromatic N) is 2. The molecule has 0 unspecified atom stereocenters. The molecule has 0 aliphatic carbocycles. The Bertz CT molecular complexity index is 885. The van der Waals surface area contributed by atoms with Gasteiger partial charge in [-0.15, -0.1) is 11.8 Å². The maximum atomic E-state index is 12.4. The fraction of sp³-hybridized carbons (Fsp3) is 0.214. The second-order valence-electron chi connectivity index (χ2n) is 4.73. The summed E-state index contributed by atoms with van der Waals surface area (Å²) in [6, 6.07) is 5.00. The van der Waals surface area contributed by atoms with Crippen LogP contribution in [-0.4, -0.2) is 20.7 Å². The molecule has 0 bridgehead atoms. The largest absolute Gasteiger partial charge is 0.384 e. The summed E-state index contributed by atoms with van der Waals surface area (Å²) < 4.78 is 1.90. The van der Waals surface area contributed by atoms with Crippen molar-refractivity contribution in [3.05, 3.63) is 54.6 Å². The van der Waals surface area contributed by atoms with E-state index in [2.05, 4.69) is 0 Å². The van der Waals surface area contributed by atoms with Crippen LogP contribution in [0, 0.1) is 0 Å². The summed E-state index contributed by atoms with van der Waals surface area (Å²) in [7, 11) is 2.69. The third-order valence-electron chi connectivity index (χ3n) is 3.26. The number of Topliss-reactive ketones (excluding diaryl/α,β-unsaturated/α-hetero) is 1. The summed E-state index contributed by atoms with van der Waals surface area (Å²) in [6.45, 7) is 0. The van der Waals surface area contributed by atoms with Gasteiger partial charge < -0.3 is 5.73 Å². The molecule has 9 heteroatoms. The van der Waals surface area contributed by atoms with Crippen molar-refractivity contribution in [3.8, 4) is 0 Å². The van der Waals surface area contributed by atoms with Crippen molar-refractivity contribution in [2.24, 2.45) is 14.1 Å². The van der Waals surface area contributed by atoms with Crippen LogP contribution in [0.5, 0.6) is 0 Å². The minimum absolute atomic E-state index is 0.0822. The van der Waals surface area contributed by atoms with Crippen molar-refractivity contribution in [2.75, 3.05) is 11.5 Å². The lowest BCUT2D eigenvalue weighted by Crippen LogP contribution is -2.41. The standard InChI is InChI=1S/C14H13Cl2N3O3S/c1-18-12(17)10(13(21)19(2)14(18)22)9(20)6-23-11-7(15)4-3-5-8(11)16/h3-5H,6,17H2,1-2H3. The van der Waals surface area contributed by atoms with E-state index in [1.807, 2.05) is 0 Å². The van der Waals surface area contributed by atoms with E-state index in [0.29, 0.717) is 14.9 Å². The number of thioether (sulfide) groups is 1. The number of benzene rings is 1. The van der Waals surface area contributed by atoms with Crippen molar-refractivity contribution >= 4 is 46.6 Å². The quantitative estimate of drug-likeness (QED) is 0.653. The number of nitrogens with two attached hydrogens (primary N) is 1. The van der Waals surface area contributed by atoms with Crippen molar-refractivity contribution in [1.29, 1.82) is 0 Å². The van der Waals surface area contributed by atoms with Gasteiger partial charge in [-0.25, -0.2) is 4.79 Å². The van der Waals surface area contributed by atoms with Crippen molar-refractivity contribution in [1.82, 2.24) is 9.13 Å². The van der Waals surface area contributed by atoms with E-state index in [4.69, 9.17) is 28.9 Å². The van der Waals surface area contributed by atoms with E-state index in [9.17, 15) is 14.4 Å². The third-order valence-corrected chi connectivity index (χ3v) is 5.24. The van der Waals surface area contributed by atoms with Crippen LogP contribution in [0.15, 0.2) is 32.7 Å². The first-order valence-corrected chi connectivity index (χ1v) is 8.15. The molecule has 0 atom stereocenters. The van der Waals surface area contributed by atoms with Gasteiger partial charge in [0.15, 0.2) is 5.78 Å². The zero-order valence-corrected chi connectivity index (χ0v) is 14.6. The zero-order valence-electron chi connectivity index (χ0n) is 12.3. The Hall–Kier alpha value is -1.70. The molecule has 0 saturated carbocycles. The molecule has 1 aromatic heterocycles. The maximum absolute atomic E-state index is 12.4. The molecule has 122 valence electrons. The number of carbonyl (C=O) groups is 1. The van der Waals surface area contributed by atoms with Crippen molar-refractivity contribution < 1.29 is 4.79 Å². The highest BCUT2D eigenvalue weighted by Gasteiger charge is 2.21. The normalized spacial score (nSPS) is 10.8. The summed E-state index contributed by atoms with van der Waals surface area (Å²) >= 11 is 13.2. The van der Waals surface area contributed by atoms with Gasteiger partial charge in [0, 0.05) is 19.0 Å². The third kappa shape index (κ3) is 3.31. The average Bonchev–Trinajstić information content (AvgIpc) is 2.50. The number of rotatable bonds is 4. The number of hydrogen-bond acceptors (Lipinski definition) is 5. The van der Waals surface area contributed by atoms with Gasteiger partial charge in [-0.1, -0.05) is 29.3 Å². The minimum Gasteiger partial charge on any atom is -0.384 e. The van der Waals surface area contributed by atoms with Gasteiger partial charge in [0.25, 0.3) is 5.56 Å². The van der Waals surface area contributed by atoms with Gasteiger partial charge in [-0.2, -0.15) is 0 Å². The van der Waals surface area contributed by atoms with Gasteiger partial charge in [-0.3, -0.25) is 18.7 Å². The number of halogens is 2. The Kier molecular flexibility index (Phi) is 5.23. The van der Waals surface area contributed by atoms with Crippen LogP contribution < -0.4 is 17.0 Å². The number of carbonyl (C=O) groups excluding carboxylic acids is 1. The lowest BCUT2D eigenvalue weighted by molar-refractivity contribution is 0.102. The Morgan fingerprint density at radius 1 is 1.17 bits per heavy atom. The highest BCUT2D eigenvalue weighted by molar-refractivity contribution is 8.00. The Labute approximate surface area is 145 Å². The van der Waals surface area contributed by atoms with Gasteiger partial charge in [-0.05, 0) is 12.1 Å². The maximum Gasteiger partial charge on any atom is 0.332 e. The molecule has 0 saturated heterocycles. The molecule has 2 aromatic rings. The second-order valence-corrected chi connectivity index (χ2v) is 6.53. The van der Waals surface area contributed by atoms with Gasteiger partial charge in [0.2, 0.25) is 0 Å². The highest BCUT2D eigenvalue weighted by atomic mass is 35.5. The predicted molar refractivity (Wildman–Crippen MR) is 92.9 cm³/mol. The fourth-order valence-corrected chi connectivity index (χ4v) is 3.51. The van der Waals surface area contributed by atoms with Crippen LogP contribution >= 0.6 is 35.0 Å². The van der Waals surface area contributed by atoms with E-state index in [0.717, 1.165) is 20.9 Å². The summed E-state index contributed by atoms with van der Waals surface area (Å²) in [5, 5.41) is 0.827. The van der Waals surface area contributed by atoms with Crippen LogP contribution in [0.1, 0.15) is 10.4 Å². The molecular weight excluding hydrogens is 361 g/mol. The van der Waals surface area contributed by atoms with Crippen LogP contribution in [0.2, 0.25) is 10.0 Å². The van der Waals surface area contributed by atoms with Crippen LogP contribution in [0.4, 0.5) is 5.82 Å². The first-order chi connectivity index (χ1) is 10.8. The smallest absolute Gasteiger partial charge is 0.332 e. The van der Waals surface area contributed by atoms with Crippen LogP contribution in [-0.2, 0) is 14.1 Å². The molecule has 23 heavy (non-hydrogen) atoms.